The quantitative estimate of drug-likeness (QED) is 0.359. The van der Waals surface area contributed by atoms with Crippen molar-refractivity contribution in [1.29, 1.82) is 0 Å². The molecule has 54 valence electrons. The highest BCUT2D eigenvalue weighted by atomic mass is 16.4. The second kappa shape index (κ2) is 2.80. The van der Waals surface area contributed by atoms with Gasteiger partial charge in [-0.15, -0.1) is 0 Å². The Hall–Kier alpha value is -0.610. The Bertz CT molecular complexity index is 112. The molecule has 0 aromatic heterocycles. The third-order valence-electron chi connectivity index (χ3n) is 1.12. The van der Waals surface area contributed by atoms with Crippen LogP contribution in [-0.4, -0.2) is 17.6 Å². The number of hydrogen-bond donors (Lipinski definition) is 3. The molecule has 0 spiro atoms. The van der Waals surface area contributed by atoms with Crippen molar-refractivity contribution in [3.8, 4) is 0 Å². The van der Waals surface area contributed by atoms with Crippen LogP contribution >= 0.6 is 0 Å². The molecule has 0 rings (SSSR count). The van der Waals surface area contributed by atoms with Gasteiger partial charge in [0.15, 0.2) is 0 Å². The van der Waals surface area contributed by atoms with Crippen molar-refractivity contribution in [3.63, 3.8) is 0 Å². The lowest BCUT2D eigenvalue weighted by Gasteiger charge is -2.17. The zero-order valence-corrected chi connectivity index (χ0v) is 5.64. The first kappa shape index (κ1) is 8.39. The minimum Gasteiger partial charge on any atom is -0.481 e. The van der Waals surface area contributed by atoms with Gasteiger partial charge in [-0.25, -0.2) is 0 Å². The fourth-order valence-corrected chi connectivity index (χ4v) is 0.331. The second-order valence-electron chi connectivity index (χ2n) is 2.57. The van der Waals surface area contributed by atoms with Crippen LogP contribution in [0.5, 0.6) is 0 Å². The third-order valence-corrected chi connectivity index (χ3v) is 1.12. The lowest BCUT2D eigenvalue weighted by molar-refractivity contribution is -0.146. The van der Waals surface area contributed by atoms with Gasteiger partial charge in [0, 0.05) is 6.54 Å². The van der Waals surface area contributed by atoms with E-state index in [2.05, 4.69) is 5.43 Å². The van der Waals surface area contributed by atoms with E-state index in [1.165, 1.54) is 0 Å². The number of hydrogen-bond acceptors (Lipinski definition) is 3. The molecular weight excluding hydrogens is 120 g/mol. The number of nitrogens with two attached hydrogens (primary N) is 1. The molecule has 0 unspecified atom stereocenters. The molecule has 0 amide bonds. The number of rotatable bonds is 3. The van der Waals surface area contributed by atoms with E-state index in [-0.39, 0.29) is 6.54 Å². The lowest BCUT2D eigenvalue weighted by atomic mass is 9.94. The summed E-state index contributed by atoms with van der Waals surface area (Å²) in [6, 6.07) is 0. The molecule has 0 aliphatic carbocycles. The smallest absolute Gasteiger partial charge is 0.310 e. The molecule has 0 aromatic carbocycles. The monoisotopic (exact) mass is 132 g/mol. The van der Waals surface area contributed by atoms with Crippen molar-refractivity contribution in [2.24, 2.45) is 11.3 Å². The molecule has 0 heterocycles. The summed E-state index contributed by atoms with van der Waals surface area (Å²) in [7, 11) is 0. The summed E-state index contributed by atoms with van der Waals surface area (Å²) in [5.74, 6) is 4.09. The Morgan fingerprint density at radius 2 is 2.22 bits per heavy atom. The van der Waals surface area contributed by atoms with Gasteiger partial charge in [-0.2, -0.15) is 0 Å². The van der Waals surface area contributed by atoms with Crippen LogP contribution in [0.4, 0.5) is 0 Å². The summed E-state index contributed by atoms with van der Waals surface area (Å²) in [6.07, 6.45) is 0. The van der Waals surface area contributed by atoms with E-state index >= 15 is 0 Å². The molecular formula is C5H12N2O2. The Balaban J connectivity index is 3.85. The minimum atomic E-state index is -0.847. The first-order valence-electron chi connectivity index (χ1n) is 2.67. The summed E-state index contributed by atoms with van der Waals surface area (Å²) in [6.45, 7) is 3.49. The Labute approximate surface area is 54.0 Å². The van der Waals surface area contributed by atoms with Crippen molar-refractivity contribution >= 4 is 5.97 Å². The molecule has 4 heteroatoms. The first-order valence-corrected chi connectivity index (χ1v) is 2.67. The van der Waals surface area contributed by atoms with Crippen molar-refractivity contribution in [2.75, 3.05) is 6.54 Å². The van der Waals surface area contributed by atoms with Gasteiger partial charge in [0.2, 0.25) is 0 Å². The average Bonchev–Trinajstić information content (AvgIpc) is 1.65. The maximum absolute atomic E-state index is 10.3. The van der Waals surface area contributed by atoms with Crippen molar-refractivity contribution in [1.82, 2.24) is 5.43 Å². The molecule has 0 atom stereocenters. The minimum absolute atomic E-state index is 0.280. The van der Waals surface area contributed by atoms with E-state index in [0.717, 1.165) is 0 Å². The molecule has 4 nitrogen and oxygen atoms in total. The Morgan fingerprint density at radius 1 is 1.78 bits per heavy atom. The van der Waals surface area contributed by atoms with Crippen LogP contribution in [-0.2, 0) is 4.79 Å². The van der Waals surface area contributed by atoms with E-state index in [9.17, 15) is 4.79 Å². The van der Waals surface area contributed by atoms with E-state index in [1.54, 1.807) is 13.8 Å². The molecule has 0 aliphatic heterocycles. The zero-order chi connectivity index (χ0) is 7.49. The molecule has 9 heavy (non-hydrogen) atoms. The molecule has 0 aliphatic rings. The van der Waals surface area contributed by atoms with Crippen LogP contribution in [0, 0.1) is 5.41 Å². The van der Waals surface area contributed by atoms with Crippen molar-refractivity contribution in [3.05, 3.63) is 0 Å². The fraction of sp³-hybridized carbons (Fsp3) is 0.800. The summed E-state index contributed by atoms with van der Waals surface area (Å²) in [5.41, 5.74) is 1.54. The third kappa shape index (κ3) is 2.43. The number of carboxylic acid groups (broad SMARTS) is 1. The van der Waals surface area contributed by atoms with Crippen molar-refractivity contribution in [2.45, 2.75) is 13.8 Å². The maximum Gasteiger partial charge on any atom is 0.310 e. The fourth-order valence-electron chi connectivity index (χ4n) is 0.331. The predicted octanol–water partition coefficient (Wildman–Crippen LogP) is -0.439. The van der Waals surface area contributed by atoms with Gasteiger partial charge in [0.25, 0.3) is 0 Å². The van der Waals surface area contributed by atoms with E-state index in [1.807, 2.05) is 0 Å². The van der Waals surface area contributed by atoms with E-state index in [0.29, 0.717) is 0 Å². The Kier molecular flexibility index (Phi) is 2.61. The van der Waals surface area contributed by atoms with Crippen molar-refractivity contribution < 1.29 is 9.90 Å². The van der Waals surface area contributed by atoms with Gasteiger partial charge in [-0.05, 0) is 13.8 Å². The lowest BCUT2D eigenvalue weighted by Crippen LogP contribution is -2.39. The highest BCUT2D eigenvalue weighted by Crippen LogP contribution is 2.11. The number of hydrazine groups is 1. The maximum atomic E-state index is 10.3. The van der Waals surface area contributed by atoms with Gasteiger partial charge in [0.05, 0.1) is 5.41 Å². The summed E-state index contributed by atoms with van der Waals surface area (Å²) >= 11 is 0. The van der Waals surface area contributed by atoms with Crippen LogP contribution in [0.25, 0.3) is 0 Å². The summed E-state index contributed by atoms with van der Waals surface area (Å²) in [4.78, 5) is 10.3. The van der Waals surface area contributed by atoms with Gasteiger partial charge in [-0.1, -0.05) is 0 Å². The molecule has 4 N–H and O–H groups in total. The van der Waals surface area contributed by atoms with Crippen LogP contribution in [0.2, 0.25) is 0 Å². The highest BCUT2D eigenvalue weighted by molar-refractivity contribution is 5.73. The molecule has 0 aromatic rings. The number of aliphatic carboxylic acids is 1. The summed E-state index contributed by atoms with van der Waals surface area (Å²) in [5, 5.41) is 8.48. The van der Waals surface area contributed by atoms with Gasteiger partial charge in [0.1, 0.15) is 0 Å². The average molecular weight is 132 g/mol. The molecule has 0 fully saturated rings. The second-order valence-corrected chi connectivity index (χ2v) is 2.57. The number of carboxylic acids is 1. The number of nitrogens with one attached hydrogen (secondary N) is 1. The highest BCUT2D eigenvalue weighted by Gasteiger charge is 2.25. The molecule has 0 saturated carbocycles. The van der Waals surface area contributed by atoms with E-state index in [4.69, 9.17) is 10.9 Å². The molecule has 0 saturated heterocycles. The van der Waals surface area contributed by atoms with Crippen LogP contribution in [0.15, 0.2) is 0 Å². The Morgan fingerprint density at radius 3 is 2.33 bits per heavy atom. The van der Waals surface area contributed by atoms with Crippen LogP contribution in [0.3, 0.4) is 0 Å². The first-order chi connectivity index (χ1) is 4.00. The van der Waals surface area contributed by atoms with Crippen LogP contribution in [0.1, 0.15) is 13.8 Å². The standard InChI is InChI=1S/C5H12N2O2/c1-5(2,3-7-6)4(8)9/h7H,3,6H2,1-2H3,(H,8,9). The summed E-state index contributed by atoms with van der Waals surface area (Å²) < 4.78 is 0. The predicted molar refractivity (Wildman–Crippen MR) is 33.6 cm³/mol. The molecule has 0 radical (unpaired) electrons. The van der Waals surface area contributed by atoms with Crippen LogP contribution < -0.4 is 11.3 Å². The van der Waals surface area contributed by atoms with Gasteiger partial charge < -0.3 is 5.11 Å². The zero-order valence-electron chi connectivity index (χ0n) is 5.64. The largest absolute Gasteiger partial charge is 0.481 e. The SMILES string of the molecule is CC(C)(CNN)C(=O)O. The van der Waals surface area contributed by atoms with Gasteiger partial charge >= 0.3 is 5.97 Å². The number of carbonyl (C=O) groups is 1. The van der Waals surface area contributed by atoms with Gasteiger partial charge in [-0.3, -0.25) is 16.1 Å². The topological polar surface area (TPSA) is 75.3 Å². The normalized spacial score (nSPS) is 11.4. The molecule has 0 bridgehead atoms. The van der Waals surface area contributed by atoms with E-state index < -0.39 is 11.4 Å².